The maximum Gasteiger partial charge on any atom is 0.233 e. The van der Waals surface area contributed by atoms with Gasteiger partial charge in [-0.15, -0.1) is 0 Å². The molecule has 84 valence electrons. The minimum Gasteiger partial charge on any atom is -0.299 e. The van der Waals surface area contributed by atoms with Crippen molar-refractivity contribution in [1.29, 1.82) is 0 Å². The number of ketones is 1. The predicted octanol–water partition coefficient (Wildman–Crippen LogP) is 1.19. The molecule has 0 aromatic carbocycles. The third kappa shape index (κ3) is 4.23. The van der Waals surface area contributed by atoms with E-state index in [0.717, 1.165) is 25.7 Å². The van der Waals surface area contributed by atoms with Crippen LogP contribution in [-0.2, 0) is 14.4 Å². The van der Waals surface area contributed by atoms with Crippen LogP contribution in [0.15, 0.2) is 0 Å². The predicted molar refractivity (Wildman–Crippen MR) is 55.0 cm³/mol. The fourth-order valence-electron chi connectivity index (χ4n) is 1.87. The third-order valence-electron chi connectivity index (χ3n) is 2.65. The van der Waals surface area contributed by atoms with E-state index in [0.29, 0.717) is 0 Å². The Bertz CT molecular complexity index is 267. The van der Waals surface area contributed by atoms with Crippen LogP contribution in [-0.4, -0.2) is 17.6 Å². The molecule has 1 N–H and O–H groups in total. The van der Waals surface area contributed by atoms with Crippen LogP contribution in [0.5, 0.6) is 0 Å². The summed E-state index contributed by atoms with van der Waals surface area (Å²) in [5, 5.41) is 2.28. The average Bonchev–Trinajstić information content (AvgIpc) is 2.17. The van der Waals surface area contributed by atoms with E-state index in [1.54, 1.807) is 0 Å². The van der Waals surface area contributed by atoms with Crippen LogP contribution in [0.3, 0.4) is 0 Å². The fraction of sp³-hybridized carbons (Fsp3) is 0.727. The van der Waals surface area contributed by atoms with E-state index in [2.05, 4.69) is 5.32 Å². The molecule has 0 aromatic heterocycles. The lowest BCUT2D eigenvalue weighted by molar-refractivity contribution is -0.134. The van der Waals surface area contributed by atoms with Crippen molar-refractivity contribution in [2.24, 2.45) is 5.92 Å². The Balaban J connectivity index is 2.33. The Morgan fingerprint density at radius 3 is 2.27 bits per heavy atom. The molecule has 4 nitrogen and oxygen atoms in total. The summed E-state index contributed by atoms with van der Waals surface area (Å²) in [5.41, 5.74) is 0. The first-order valence-electron chi connectivity index (χ1n) is 5.42. The van der Waals surface area contributed by atoms with Gasteiger partial charge in [0.05, 0.1) is 6.42 Å². The van der Waals surface area contributed by atoms with Gasteiger partial charge in [0.15, 0.2) is 0 Å². The summed E-state index contributed by atoms with van der Waals surface area (Å²) in [5.74, 6) is -0.933. The highest BCUT2D eigenvalue weighted by Gasteiger charge is 2.22. The Morgan fingerprint density at radius 2 is 1.73 bits per heavy atom. The molecule has 15 heavy (non-hydrogen) atoms. The van der Waals surface area contributed by atoms with E-state index < -0.39 is 5.91 Å². The topological polar surface area (TPSA) is 63.2 Å². The largest absolute Gasteiger partial charge is 0.299 e. The number of carbonyl (C=O) groups is 3. The Morgan fingerprint density at radius 1 is 1.13 bits per heavy atom. The minimum atomic E-state index is -0.474. The second kappa shape index (κ2) is 5.63. The summed E-state index contributed by atoms with van der Waals surface area (Å²) < 4.78 is 0. The first-order chi connectivity index (χ1) is 7.09. The van der Waals surface area contributed by atoms with Crippen LogP contribution in [0, 0.1) is 5.92 Å². The standard InChI is InChI=1S/C11H17NO3/c1-8(13)7-10(14)12-11(15)9-5-3-2-4-6-9/h9H,2-7H2,1H3,(H,12,14,15). The lowest BCUT2D eigenvalue weighted by Crippen LogP contribution is -2.37. The third-order valence-corrected chi connectivity index (χ3v) is 2.65. The van der Waals surface area contributed by atoms with Gasteiger partial charge in [0.1, 0.15) is 5.78 Å². The fourth-order valence-corrected chi connectivity index (χ4v) is 1.87. The van der Waals surface area contributed by atoms with Crippen molar-refractivity contribution in [3.63, 3.8) is 0 Å². The molecule has 1 aliphatic rings. The lowest BCUT2D eigenvalue weighted by Gasteiger charge is -2.19. The Labute approximate surface area is 89.4 Å². The second-order valence-corrected chi connectivity index (χ2v) is 4.13. The molecular weight excluding hydrogens is 194 g/mol. The zero-order valence-electron chi connectivity index (χ0n) is 9.04. The van der Waals surface area contributed by atoms with Crippen molar-refractivity contribution in [3.05, 3.63) is 0 Å². The summed E-state index contributed by atoms with van der Waals surface area (Å²) in [4.78, 5) is 33.3. The van der Waals surface area contributed by atoms with E-state index in [4.69, 9.17) is 0 Å². The number of carbonyl (C=O) groups excluding carboxylic acids is 3. The van der Waals surface area contributed by atoms with Gasteiger partial charge >= 0.3 is 0 Å². The molecule has 0 spiro atoms. The van der Waals surface area contributed by atoms with E-state index in [-0.39, 0.29) is 24.0 Å². The molecule has 0 unspecified atom stereocenters. The van der Waals surface area contributed by atoms with Crippen LogP contribution in [0.4, 0.5) is 0 Å². The second-order valence-electron chi connectivity index (χ2n) is 4.13. The minimum absolute atomic E-state index is 0.0327. The number of rotatable bonds is 3. The summed E-state index contributed by atoms with van der Waals surface area (Å²) in [6.07, 6.45) is 4.81. The number of hydrogen-bond acceptors (Lipinski definition) is 3. The van der Waals surface area contributed by atoms with Crippen molar-refractivity contribution in [2.45, 2.75) is 45.4 Å². The van der Waals surface area contributed by atoms with Gasteiger partial charge in [-0.1, -0.05) is 19.3 Å². The molecule has 1 rings (SSSR count). The summed E-state index contributed by atoms with van der Waals surface area (Å²) in [7, 11) is 0. The van der Waals surface area contributed by atoms with E-state index in [9.17, 15) is 14.4 Å². The monoisotopic (exact) mass is 211 g/mol. The van der Waals surface area contributed by atoms with Crippen LogP contribution < -0.4 is 5.32 Å². The summed E-state index contributed by atoms with van der Waals surface area (Å²) >= 11 is 0. The van der Waals surface area contributed by atoms with Crippen molar-refractivity contribution >= 4 is 17.6 Å². The molecule has 1 fully saturated rings. The smallest absolute Gasteiger partial charge is 0.233 e. The van der Waals surface area contributed by atoms with E-state index in [1.807, 2.05) is 0 Å². The maximum atomic E-state index is 11.5. The highest BCUT2D eigenvalue weighted by Crippen LogP contribution is 2.23. The Hall–Kier alpha value is -1.19. The van der Waals surface area contributed by atoms with Crippen LogP contribution in [0.1, 0.15) is 45.4 Å². The van der Waals surface area contributed by atoms with Gasteiger partial charge in [-0.05, 0) is 19.8 Å². The number of imide groups is 1. The van der Waals surface area contributed by atoms with Gasteiger partial charge in [0.2, 0.25) is 11.8 Å². The number of hydrogen-bond donors (Lipinski definition) is 1. The zero-order valence-corrected chi connectivity index (χ0v) is 9.04. The van der Waals surface area contributed by atoms with Crippen LogP contribution in [0.2, 0.25) is 0 Å². The molecule has 0 heterocycles. The molecular formula is C11H17NO3. The van der Waals surface area contributed by atoms with E-state index >= 15 is 0 Å². The molecule has 2 amide bonds. The molecule has 0 saturated heterocycles. The lowest BCUT2D eigenvalue weighted by atomic mass is 9.88. The van der Waals surface area contributed by atoms with Crippen molar-refractivity contribution < 1.29 is 14.4 Å². The first kappa shape index (κ1) is 11.9. The quantitative estimate of drug-likeness (QED) is 0.713. The molecule has 0 atom stereocenters. The molecule has 4 heteroatoms. The molecule has 0 radical (unpaired) electrons. The van der Waals surface area contributed by atoms with Gasteiger partial charge in [0, 0.05) is 5.92 Å². The van der Waals surface area contributed by atoms with Gasteiger partial charge in [0.25, 0.3) is 0 Å². The Kier molecular flexibility index (Phi) is 4.46. The SMILES string of the molecule is CC(=O)CC(=O)NC(=O)C1CCCCC1. The van der Waals surface area contributed by atoms with E-state index in [1.165, 1.54) is 13.3 Å². The van der Waals surface area contributed by atoms with Gasteiger partial charge in [-0.3, -0.25) is 19.7 Å². The van der Waals surface area contributed by atoms with Crippen molar-refractivity contribution in [2.75, 3.05) is 0 Å². The highest BCUT2D eigenvalue weighted by atomic mass is 16.2. The average molecular weight is 211 g/mol. The van der Waals surface area contributed by atoms with Crippen molar-refractivity contribution in [3.8, 4) is 0 Å². The van der Waals surface area contributed by atoms with Gasteiger partial charge < -0.3 is 0 Å². The summed E-state index contributed by atoms with van der Waals surface area (Å²) in [6.45, 7) is 1.34. The van der Waals surface area contributed by atoms with Crippen LogP contribution >= 0.6 is 0 Å². The molecule has 0 bridgehead atoms. The normalized spacial score (nSPS) is 17.1. The van der Waals surface area contributed by atoms with Crippen LogP contribution in [0.25, 0.3) is 0 Å². The molecule has 0 aromatic rings. The molecule has 1 saturated carbocycles. The first-order valence-corrected chi connectivity index (χ1v) is 5.42. The maximum absolute atomic E-state index is 11.5. The number of amides is 2. The highest BCUT2D eigenvalue weighted by molar-refractivity contribution is 6.04. The summed E-state index contributed by atoms with van der Waals surface area (Å²) in [6, 6.07) is 0. The molecule has 1 aliphatic carbocycles. The number of Topliss-reactive ketones (excluding diaryl/α,β-unsaturated/α-hetero) is 1. The number of nitrogens with one attached hydrogen (secondary N) is 1. The van der Waals surface area contributed by atoms with Gasteiger partial charge in [-0.2, -0.15) is 0 Å². The van der Waals surface area contributed by atoms with Gasteiger partial charge in [-0.25, -0.2) is 0 Å². The van der Waals surface area contributed by atoms with Crippen molar-refractivity contribution in [1.82, 2.24) is 5.32 Å². The zero-order chi connectivity index (χ0) is 11.3. The molecule has 0 aliphatic heterocycles.